The predicted molar refractivity (Wildman–Crippen MR) is 121 cm³/mol. The van der Waals surface area contributed by atoms with Gasteiger partial charge in [0.1, 0.15) is 17.5 Å². The summed E-state index contributed by atoms with van der Waals surface area (Å²) >= 11 is 0. The average Bonchev–Trinajstić information content (AvgIpc) is 2.78. The quantitative estimate of drug-likeness (QED) is 0.254. The zero-order chi connectivity index (χ0) is 25.3. The van der Waals surface area contributed by atoms with Gasteiger partial charge in [-0.3, -0.25) is 0 Å². The number of fused-ring (bicyclic) bond motifs is 1. The third-order valence-corrected chi connectivity index (χ3v) is 5.32. The van der Waals surface area contributed by atoms with Crippen LogP contribution in [0, 0.1) is 23.3 Å². The van der Waals surface area contributed by atoms with E-state index in [9.17, 15) is 26.3 Å². The molecule has 4 aromatic rings. The van der Waals surface area contributed by atoms with Gasteiger partial charge in [-0.25, -0.2) is 17.6 Å². The molecule has 4 aromatic carbocycles. The van der Waals surface area contributed by atoms with Gasteiger partial charge in [-0.05, 0) is 58.8 Å². The maximum absolute atomic E-state index is 15.2. The number of halogens is 7. The fourth-order valence-electron chi connectivity index (χ4n) is 3.76. The van der Waals surface area contributed by atoms with Crippen LogP contribution >= 0.6 is 0 Å². The molecular formula is C27H17F7O. The fraction of sp³-hybridized carbons (Fsp3) is 0.111. The molecule has 0 spiro atoms. The Morgan fingerprint density at radius 3 is 2.09 bits per heavy atom. The number of alkyl halides is 3. The molecule has 0 aliphatic rings. The van der Waals surface area contributed by atoms with Gasteiger partial charge in [0.15, 0.2) is 11.6 Å². The van der Waals surface area contributed by atoms with Crippen molar-refractivity contribution >= 4 is 16.8 Å². The van der Waals surface area contributed by atoms with E-state index in [4.69, 9.17) is 0 Å². The van der Waals surface area contributed by atoms with Crippen LogP contribution in [0.5, 0.6) is 5.75 Å². The summed E-state index contributed by atoms with van der Waals surface area (Å²) in [5, 5.41) is 0.877. The highest BCUT2D eigenvalue weighted by molar-refractivity contribution is 5.90. The van der Waals surface area contributed by atoms with Gasteiger partial charge in [-0.1, -0.05) is 49.4 Å². The van der Waals surface area contributed by atoms with E-state index >= 15 is 4.39 Å². The summed E-state index contributed by atoms with van der Waals surface area (Å²) in [7, 11) is 0. The molecule has 0 saturated heterocycles. The zero-order valence-corrected chi connectivity index (χ0v) is 18.2. The van der Waals surface area contributed by atoms with Crippen LogP contribution in [0.3, 0.4) is 0 Å². The molecule has 0 heterocycles. The molecule has 0 bridgehead atoms. The Morgan fingerprint density at radius 1 is 0.771 bits per heavy atom. The molecule has 0 saturated carbocycles. The van der Waals surface area contributed by atoms with Crippen molar-refractivity contribution in [2.24, 2.45) is 0 Å². The van der Waals surface area contributed by atoms with Gasteiger partial charge >= 0.3 is 6.36 Å². The van der Waals surface area contributed by atoms with Crippen molar-refractivity contribution in [3.05, 3.63) is 95.6 Å². The Hall–Kier alpha value is -3.81. The second-order valence-electron chi connectivity index (χ2n) is 7.73. The Labute approximate surface area is 196 Å². The summed E-state index contributed by atoms with van der Waals surface area (Å²) in [5.41, 5.74) is -0.258. The van der Waals surface area contributed by atoms with E-state index in [1.54, 1.807) is 24.3 Å². The van der Waals surface area contributed by atoms with E-state index in [1.807, 2.05) is 19.1 Å². The highest BCUT2D eigenvalue weighted by Gasteiger charge is 2.32. The lowest BCUT2D eigenvalue weighted by molar-refractivity contribution is -0.275. The van der Waals surface area contributed by atoms with Crippen LogP contribution in [-0.4, -0.2) is 6.36 Å². The minimum Gasteiger partial charge on any atom is -0.403 e. The van der Waals surface area contributed by atoms with Crippen LogP contribution in [0.1, 0.15) is 18.9 Å². The maximum Gasteiger partial charge on any atom is 0.573 e. The van der Waals surface area contributed by atoms with Crippen molar-refractivity contribution in [2.75, 3.05) is 0 Å². The lowest BCUT2D eigenvalue weighted by Gasteiger charge is -2.13. The standard InChI is InChI=1S/C27H17F7O/c1-2-3-4-15-5-8-19-16(11-15)6-9-20(26(19)31)18-13-22(29)25(23(30)14-18)17-7-10-24(21(28)12-17)35-27(32,33)34/h3-14H,2H2,1H3/b4-3+. The van der Waals surface area contributed by atoms with Crippen LogP contribution in [0.15, 0.2) is 66.7 Å². The van der Waals surface area contributed by atoms with E-state index in [-0.39, 0.29) is 22.1 Å². The number of ether oxygens (including phenoxy) is 1. The summed E-state index contributed by atoms with van der Waals surface area (Å²) in [6, 6.07) is 12.0. The second-order valence-corrected chi connectivity index (χ2v) is 7.73. The van der Waals surface area contributed by atoms with Gasteiger partial charge < -0.3 is 4.74 Å². The Bertz CT molecular complexity index is 1410. The maximum atomic E-state index is 15.2. The third-order valence-electron chi connectivity index (χ3n) is 5.32. The summed E-state index contributed by atoms with van der Waals surface area (Å²) in [4.78, 5) is 0. The average molecular weight is 490 g/mol. The molecule has 0 aromatic heterocycles. The lowest BCUT2D eigenvalue weighted by Crippen LogP contribution is -2.17. The van der Waals surface area contributed by atoms with Crippen molar-refractivity contribution in [3.63, 3.8) is 0 Å². The van der Waals surface area contributed by atoms with Gasteiger partial charge in [-0.2, -0.15) is 0 Å². The molecule has 0 aliphatic heterocycles. The van der Waals surface area contributed by atoms with Crippen LogP contribution in [0.2, 0.25) is 0 Å². The first-order chi connectivity index (χ1) is 16.6. The van der Waals surface area contributed by atoms with Gasteiger partial charge in [0, 0.05) is 10.9 Å². The van der Waals surface area contributed by atoms with E-state index in [0.717, 1.165) is 30.2 Å². The third kappa shape index (κ3) is 5.16. The SMILES string of the molecule is CC/C=C/c1ccc2c(F)c(-c3cc(F)c(-c4ccc(OC(F)(F)F)c(F)c4)c(F)c3)ccc2c1. The Kier molecular flexibility index (Phi) is 6.56. The number of allylic oxidation sites excluding steroid dienone is 1. The first-order valence-corrected chi connectivity index (χ1v) is 10.5. The van der Waals surface area contributed by atoms with Crippen LogP contribution in [0.4, 0.5) is 30.7 Å². The molecule has 35 heavy (non-hydrogen) atoms. The summed E-state index contributed by atoms with van der Waals surface area (Å²) in [6.07, 6.45) is -0.421. The minimum absolute atomic E-state index is 0.0428. The fourth-order valence-corrected chi connectivity index (χ4v) is 3.76. The van der Waals surface area contributed by atoms with Crippen molar-refractivity contribution in [1.29, 1.82) is 0 Å². The van der Waals surface area contributed by atoms with Gasteiger partial charge in [0.05, 0.1) is 5.56 Å². The largest absolute Gasteiger partial charge is 0.573 e. The molecule has 0 radical (unpaired) electrons. The smallest absolute Gasteiger partial charge is 0.403 e. The summed E-state index contributed by atoms with van der Waals surface area (Å²) in [6.45, 7) is 1.99. The number of hydrogen-bond donors (Lipinski definition) is 0. The predicted octanol–water partition coefficient (Wildman–Crippen LogP) is 9.05. The van der Waals surface area contributed by atoms with Crippen molar-refractivity contribution in [1.82, 2.24) is 0 Å². The van der Waals surface area contributed by atoms with Crippen LogP contribution in [-0.2, 0) is 0 Å². The monoisotopic (exact) mass is 490 g/mol. The Balaban J connectivity index is 1.73. The molecule has 4 rings (SSSR count). The van der Waals surface area contributed by atoms with Crippen molar-refractivity contribution in [3.8, 4) is 28.0 Å². The molecule has 8 heteroatoms. The van der Waals surface area contributed by atoms with Crippen molar-refractivity contribution in [2.45, 2.75) is 19.7 Å². The molecule has 0 amide bonds. The molecular weight excluding hydrogens is 473 g/mol. The first-order valence-electron chi connectivity index (χ1n) is 10.5. The van der Waals surface area contributed by atoms with Crippen molar-refractivity contribution < 1.29 is 35.5 Å². The number of rotatable bonds is 5. The van der Waals surface area contributed by atoms with Gasteiger partial charge in [-0.15, -0.1) is 13.2 Å². The number of hydrogen-bond acceptors (Lipinski definition) is 1. The molecule has 180 valence electrons. The van der Waals surface area contributed by atoms with Crippen LogP contribution < -0.4 is 4.74 Å². The second kappa shape index (κ2) is 9.44. The first kappa shape index (κ1) is 24.3. The van der Waals surface area contributed by atoms with E-state index in [2.05, 4.69) is 4.74 Å². The molecule has 0 unspecified atom stereocenters. The van der Waals surface area contributed by atoms with E-state index in [1.165, 1.54) is 6.07 Å². The summed E-state index contributed by atoms with van der Waals surface area (Å²) in [5.74, 6) is -5.52. The molecule has 0 fully saturated rings. The molecule has 1 nitrogen and oxygen atoms in total. The number of benzene rings is 4. The molecule has 0 atom stereocenters. The summed E-state index contributed by atoms with van der Waals surface area (Å²) < 4.78 is 99.6. The van der Waals surface area contributed by atoms with E-state index in [0.29, 0.717) is 17.5 Å². The van der Waals surface area contributed by atoms with E-state index < -0.39 is 40.9 Å². The minimum atomic E-state index is -5.13. The highest BCUT2D eigenvalue weighted by Crippen LogP contribution is 2.36. The lowest BCUT2D eigenvalue weighted by atomic mass is 9.96. The van der Waals surface area contributed by atoms with Gasteiger partial charge in [0.2, 0.25) is 0 Å². The normalized spacial score (nSPS) is 12.0. The molecule has 0 aliphatic carbocycles. The van der Waals surface area contributed by atoms with Crippen LogP contribution in [0.25, 0.3) is 39.1 Å². The topological polar surface area (TPSA) is 9.23 Å². The van der Waals surface area contributed by atoms with Gasteiger partial charge in [0.25, 0.3) is 0 Å². The zero-order valence-electron chi connectivity index (χ0n) is 18.2. The highest BCUT2D eigenvalue weighted by atomic mass is 19.4. The Morgan fingerprint density at radius 2 is 1.46 bits per heavy atom. The molecule has 0 N–H and O–H groups in total.